The monoisotopic (exact) mass is 373 g/mol. The molecule has 0 atom stereocenters. The van der Waals surface area contributed by atoms with Crippen molar-refractivity contribution in [1.82, 2.24) is 15.0 Å². The van der Waals surface area contributed by atoms with Crippen molar-refractivity contribution < 1.29 is 22.3 Å². The maximum Gasteiger partial charge on any atom is 0.330 e. The Labute approximate surface area is 144 Å². The summed E-state index contributed by atoms with van der Waals surface area (Å²) >= 11 is 6.05. The third-order valence-electron chi connectivity index (χ3n) is 3.42. The first-order valence-electron chi connectivity index (χ1n) is 7.20. The van der Waals surface area contributed by atoms with Gasteiger partial charge in [0.1, 0.15) is 17.9 Å². The number of nitrogens with one attached hydrogen (secondary N) is 1. The highest BCUT2D eigenvalue weighted by molar-refractivity contribution is 6.34. The normalized spacial score (nSPS) is 12.2. The van der Waals surface area contributed by atoms with Crippen molar-refractivity contribution in [3.8, 4) is 11.4 Å². The smallest absolute Gasteiger partial charge is 0.330 e. The summed E-state index contributed by atoms with van der Waals surface area (Å²) in [5, 5.41) is 0.446. The van der Waals surface area contributed by atoms with Crippen LogP contribution in [0.15, 0.2) is 36.5 Å². The Morgan fingerprint density at radius 2 is 2.04 bits per heavy atom. The molecule has 3 rings (SSSR count). The molecule has 0 radical (unpaired) electrons. The first kappa shape index (κ1) is 17.6. The van der Waals surface area contributed by atoms with E-state index in [0.717, 1.165) is 0 Å². The molecule has 1 N–H and O–H groups in total. The van der Waals surface area contributed by atoms with E-state index < -0.39 is 19.0 Å². The van der Waals surface area contributed by atoms with Crippen LogP contribution in [-0.4, -0.2) is 33.9 Å². The molecule has 2 heterocycles. The van der Waals surface area contributed by atoms with E-state index in [1.807, 2.05) is 0 Å². The predicted molar refractivity (Wildman–Crippen MR) is 84.9 cm³/mol. The third-order valence-corrected chi connectivity index (χ3v) is 3.72. The van der Waals surface area contributed by atoms with E-state index in [1.54, 1.807) is 36.5 Å². The van der Waals surface area contributed by atoms with Gasteiger partial charge >= 0.3 is 12.3 Å². The maximum atomic E-state index is 12.8. The summed E-state index contributed by atoms with van der Waals surface area (Å²) in [7, 11) is 0. The Bertz CT molecular complexity index is 885. The highest BCUT2D eigenvalue weighted by Gasteiger charge is 2.40. The Balaban J connectivity index is 1.76. The van der Waals surface area contributed by atoms with E-state index in [4.69, 9.17) is 16.3 Å². The van der Waals surface area contributed by atoms with Crippen molar-refractivity contribution in [2.75, 3.05) is 6.61 Å². The Kier molecular flexibility index (Phi) is 4.91. The zero-order valence-corrected chi connectivity index (χ0v) is 13.4. The van der Waals surface area contributed by atoms with E-state index in [-0.39, 0.29) is 6.61 Å². The van der Waals surface area contributed by atoms with E-state index >= 15 is 0 Å². The Hall–Kier alpha value is -2.19. The minimum Gasteiger partial charge on any atom is -0.370 e. The molecule has 4 nitrogen and oxygen atoms in total. The molecule has 0 saturated heterocycles. The zero-order valence-electron chi connectivity index (χ0n) is 12.6. The molecule has 9 heteroatoms. The fourth-order valence-electron chi connectivity index (χ4n) is 2.19. The predicted octanol–water partition coefficient (Wildman–Crippen LogP) is 4.70. The first-order chi connectivity index (χ1) is 11.9. The van der Waals surface area contributed by atoms with Gasteiger partial charge in [-0.25, -0.2) is 18.7 Å². The molecule has 1 aromatic carbocycles. The number of alkyl halides is 4. The van der Waals surface area contributed by atoms with Gasteiger partial charge in [0, 0.05) is 11.8 Å². The number of pyridine rings is 1. The molecule has 0 saturated carbocycles. The van der Waals surface area contributed by atoms with E-state index in [9.17, 15) is 17.6 Å². The highest BCUT2D eigenvalue weighted by atomic mass is 35.5. The highest BCUT2D eigenvalue weighted by Crippen LogP contribution is 2.26. The van der Waals surface area contributed by atoms with Crippen LogP contribution in [0, 0.1) is 0 Å². The number of fused-ring (bicyclic) bond motifs is 1. The van der Waals surface area contributed by atoms with Gasteiger partial charge < -0.3 is 9.72 Å². The number of imidazole rings is 1. The van der Waals surface area contributed by atoms with Crippen LogP contribution in [0.3, 0.4) is 0 Å². The number of aromatic amines is 1. The number of halogens is 5. The van der Waals surface area contributed by atoms with Crippen LogP contribution in [0.4, 0.5) is 17.6 Å². The van der Waals surface area contributed by atoms with Crippen molar-refractivity contribution in [3.63, 3.8) is 0 Å². The zero-order chi connectivity index (χ0) is 18.0. The van der Waals surface area contributed by atoms with Crippen LogP contribution in [-0.2, 0) is 11.3 Å². The number of nitrogens with zero attached hydrogens (tertiary/aromatic N) is 2. The first-order valence-corrected chi connectivity index (χ1v) is 7.58. The van der Waals surface area contributed by atoms with Crippen LogP contribution < -0.4 is 0 Å². The van der Waals surface area contributed by atoms with Crippen molar-refractivity contribution in [2.24, 2.45) is 0 Å². The average Bonchev–Trinajstić information content (AvgIpc) is 3.00. The molecule has 0 spiro atoms. The third kappa shape index (κ3) is 3.91. The molecule has 0 aliphatic rings. The van der Waals surface area contributed by atoms with Gasteiger partial charge in [0.2, 0.25) is 0 Å². The van der Waals surface area contributed by atoms with E-state index in [2.05, 4.69) is 15.0 Å². The number of rotatable bonds is 6. The second kappa shape index (κ2) is 6.97. The molecule has 0 bridgehead atoms. The minimum absolute atomic E-state index is 0.227. The van der Waals surface area contributed by atoms with Gasteiger partial charge in [0.15, 0.2) is 5.65 Å². The summed E-state index contributed by atoms with van der Waals surface area (Å²) in [6.07, 6.45) is -2.22. The molecule has 132 valence electrons. The van der Waals surface area contributed by atoms with Gasteiger partial charge in [-0.2, -0.15) is 8.78 Å². The number of hydrogen-bond acceptors (Lipinski definition) is 3. The van der Waals surface area contributed by atoms with E-state index in [0.29, 0.717) is 33.1 Å². The molecule has 0 aliphatic carbocycles. The van der Waals surface area contributed by atoms with Crippen LogP contribution in [0.1, 0.15) is 5.56 Å². The molecule has 0 aliphatic heterocycles. The molecular weight excluding hydrogens is 362 g/mol. The number of hydrogen-bond donors (Lipinski definition) is 1. The average molecular weight is 374 g/mol. The van der Waals surface area contributed by atoms with Crippen LogP contribution >= 0.6 is 11.6 Å². The maximum absolute atomic E-state index is 12.8. The summed E-state index contributed by atoms with van der Waals surface area (Å²) in [6.45, 7) is -1.57. The molecule has 3 aromatic rings. The van der Waals surface area contributed by atoms with Crippen molar-refractivity contribution >= 4 is 22.8 Å². The lowest BCUT2D eigenvalue weighted by Crippen LogP contribution is -2.32. The molecule has 0 amide bonds. The summed E-state index contributed by atoms with van der Waals surface area (Å²) in [4.78, 5) is 11.5. The quantitative estimate of drug-likeness (QED) is 0.637. The molecular formula is C16H12ClF4N3O. The van der Waals surface area contributed by atoms with Crippen LogP contribution in [0.5, 0.6) is 0 Å². The lowest BCUT2D eigenvalue weighted by Gasteiger charge is -2.15. The van der Waals surface area contributed by atoms with Crippen molar-refractivity contribution in [1.29, 1.82) is 0 Å². The fourth-order valence-corrected chi connectivity index (χ4v) is 2.38. The van der Waals surface area contributed by atoms with Gasteiger partial charge in [-0.15, -0.1) is 0 Å². The van der Waals surface area contributed by atoms with Gasteiger partial charge in [-0.3, -0.25) is 0 Å². The SMILES string of the molecule is FC(F)C(F)(F)COCc1cccc(-c2nc3c(Cl)ccnc3[nH]2)c1. The molecule has 0 fully saturated rings. The Morgan fingerprint density at radius 1 is 1.24 bits per heavy atom. The summed E-state index contributed by atoms with van der Waals surface area (Å²) in [5.41, 5.74) is 2.23. The van der Waals surface area contributed by atoms with Crippen molar-refractivity contribution in [2.45, 2.75) is 19.0 Å². The lowest BCUT2D eigenvalue weighted by atomic mass is 10.1. The van der Waals surface area contributed by atoms with Crippen LogP contribution in [0.2, 0.25) is 5.02 Å². The topological polar surface area (TPSA) is 50.8 Å². The fraction of sp³-hybridized carbons (Fsp3) is 0.250. The van der Waals surface area contributed by atoms with Gasteiger partial charge in [-0.05, 0) is 17.7 Å². The lowest BCUT2D eigenvalue weighted by molar-refractivity contribution is -0.168. The van der Waals surface area contributed by atoms with Gasteiger partial charge in [0.05, 0.1) is 11.6 Å². The number of H-pyrrole nitrogens is 1. The number of ether oxygens (including phenoxy) is 1. The molecule has 0 unspecified atom stereocenters. The molecule has 25 heavy (non-hydrogen) atoms. The minimum atomic E-state index is -4.17. The van der Waals surface area contributed by atoms with E-state index in [1.165, 1.54) is 0 Å². The molecule has 2 aromatic heterocycles. The Morgan fingerprint density at radius 3 is 2.76 bits per heavy atom. The van der Waals surface area contributed by atoms with Crippen LogP contribution in [0.25, 0.3) is 22.6 Å². The second-order valence-electron chi connectivity index (χ2n) is 5.33. The van der Waals surface area contributed by atoms with Gasteiger partial charge in [0.25, 0.3) is 0 Å². The summed E-state index contributed by atoms with van der Waals surface area (Å²) in [6, 6.07) is 8.34. The summed E-state index contributed by atoms with van der Waals surface area (Å²) in [5.74, 6) is -3.67. The number of aromatic nitrogens is 3. The van der Waals surface area contributed by atoms with Crippen molar-refractivity contribution in [3.05, 3.63) is 47.1 Å². The summed E-state index contributed by atoms with van der Waals surface area (Å²) < 4.78 is 54.6. The largest absolute Gasteiger partial charge is 0.370 e. The second-order valence-corrected chi connectivity index (χ2v) is 5.74. The standard InChI is InChI=1S/C16H12ClF4N3O/c17-11-4-5-22-14-12(11)23-13(24-14)10-3-1-2-9(6-10)7-25-8-16(20,21)15(18)19/h1-6,15H,7-8H2,(H,22,23,24). The number of benzene rings is 1. The van der Waals surface area contributed by atoms with Gasteiger partial charge in [-0.1, -0.05) is 29.8 Å².